The number of carbonyl (C=O) groups is 1. The van der Waals surface area contributed by atoms with Crippen LogP contribution in [0.15, 0.2) is 24.3 Å². The number of benzene rings is 1. The van der Waals surface area contributed by atoms with Crippen molar-refractivity contribution in [2.45, 2.75) is 12.5 Å². The van der Waals surface area contributed by atoms with Crippen LogP contribution in [0.2, 0.25) is 0 Å². The lowest BCUT2D eigenvalue weighted by molar-refractivity contribution is -0.117. The molecule has 3 rings (SSSR count). The number of amides is 1. The molecule has 0 aromatic heterocycles. The quantitative estimate of drug-likeness (QED) is 0.584. The van der Waals surface area contributed by atoms with Crippen molar-refractivity contribution in [3.8, 4) is 0 Å². The first-order chi connectivity index (χ1) is 5.75. The summed E-state index contributed by atoms with van der Waals surface area (Å²) in [5.41, 5.74) is 7.55. The van der Waals surface area contributed by atoms with Gasteiger partial charge in [0.2, 0.25) is 5.91 Å². The van der Waals surface area contributed by atoms with E-state index >= 15 is 0 Å². The maximum atomic E-state index is 11.2. The normalized spacial score (nSPS) is 21.4. The summed E-state index contributed by atoms with van der Waals surface area (Å²) in [6, 6.07) is 7.33. The minimum absolute atomic E-state index is 0.101. The Balaban J connectivity index is 2.42. The molecule has 0 spiro atoms. The number of carbonyl (C=O) groups excluding carboxylic acids is 1. The summed E-state index contributed by atoms with van der Waals surface area (Å²) in [7, 11) is 0. The van der Waals surface area contributed by atoms with E-state index in [1.54, 1.807) is 0 Å². The van der Waals surface area contributed by atoms with Crippen molar-refractivity contribution in [3.05, 3.63) is 29.8 Å². The topological polar surface area (TPSA) is 55.1 Å². The Labute approximate surface area is 70.6 Å². The third kappa shape index (κ3) is 1.19. The summed E-state index contributed by atoms with van der Waals surface area (Å²) in [6.45, 7) is 0. The van der Waals surface area contributed by atoms with Crippen molar-refractivity contribution in [1.82, 2.24) is 0 Å². The van der Waals surface area contributed by atoms with Crippen molar-refractivity contribution in [2.75, 3.05) is 5.32 Å². The molecule has 3 nitrogen and oxygen atoms in total. The predicted molar refractivity (Wildman–Crippen MR) is 46.8 cm³/mol. The van der Waals surface area contributed by atoms with Crippen LogP contribution in [0.3, 0.4) is 0 Å². The molecule has 2 aliphatic rings. The van der Waals surface area contributed by atoms with Crippen LogP contribution in [0.25, 0.3) is 0 Å². The van der Waals surface area contributed by atoms with Gasteiger partial charge in [0.15, 0.2) is 0 Å². The van der Waals surface area contributed by atoms with E-state index in [1.165, 1.54) is 0 Å². The van der Waals surface area contributed by atoms with Gasteiger partial charge in [0.05, 0.1) is 6.04 Å². The Morgan fingerprint density at radius 2 is 2.00 bits per heavy atom. The van der Waals surface area contributed by atoms with Gasteiger partial charge in [-0.25, -0.2) is 0 Å². The molecule has 1 amide bonds. The van der Waals surface area contributed by atoms with Crippen LogP contribution in [0, 0.1) is 0 Å². The second kappa shape index (κ2) is 2.60. The lowest BCUT2D eigenvalue weighted by atomic mass is 10.0. The first kappa shape index (κ1) is 7.31. The van der Waals surface area contributed by atoms with Crippen LogP contribution < -0.4 is 11.1 Å². The zero-order valence-corrected chi connectivity index (χ0v) is 6.58. The van der Waals surface area contributed by atoms with E-state index in [0.717, 1.165) is 11.3 Å². The van der Waals surface area contributed by atoms with E-state index in [1.807, 2.05) is 24.3 Å². The lowest BCUT2D eigenvalue weighted by Crippen LogP contribution is -2.38. The highest BCUT2D eigenvalue weighted by molar-refractivity contribution is 5.95. The fourth-order valence-electron chi connectivity index (χ4n) is 1.31. The second-order valence-electron chi connectivity index (χ2n) is 3.00. The number of nitrogens with one attached hydrogen (secondary N) is 1. The molecule has 1 aromatic rings. The molecule has 1 atom stereocenters. The molecule has 0 saturated heterocycles. The largest absolute Gasteiger partial charge is 0.325 e. The molecule has 0 fully saturated rings. The fourth-order valence-corrected chi connectivity index (χ4v) is 1.31. The van der Waals surface area contributed by atoms with Crippen LogP contribution >= 0.6 is 0 Å². The van der Waals surface area contributed by atoms with E-state index < -0.39 is 6.04 Å². The van der Waals surface area contributed by atoms with E-state index in [9.17, 15) is 4.79 Å². The van der Waals surface area contributed by atoms with Gasteiger partial charge in [-0.1, -0.05) is 12.1 Å². The Kier molecular flexibility index (Phi) is 1.59. The molecule has 0 saturated carbocycles. The van der Waals surface area contributed by atoms with Gasteiger partial charge in [0.25, 0.3) is 0 Å². The van der Waals surface area contributed by atoms with Gasteiger partial charge in [-0.3, -0.25) is 4.79 Å². The maximum absolute atomic E-state index is 11.2. The Hall–Kier alpha value is -1.35. The zero-order valence-electron chi connectivity index (χ0n) is 6.58. The molecule has 3 N–H and O–H groups in total. The third-order valence-electron chi connectivity index (χ3n) is 2.01. The van der Waals surface area contributed by atoms with Gasteiger partial charge in [0.1, 0.15) is 0 Å². The van der Waals surface area contributed by atoms with Crippen LogP contribution in [-0.4, -0.2) is 11.9 Å². The fraction of sp³-hybridized carbons (Fsp3) is 0.222. The number of hydrogen-bond donors (Lipinski definition) is 2. The van der Waals surface area contributed by atoms with Crippen LogP contribution in [0.1, 0.15) is 5.56 Å². The number of rotatable bonds is 0. The van der Waals surface area contributed by atoms with Crippen LogP contribution in [0.5, 0.6) is 0 Å². The second-order valence-corrected chi connectivity index (χ2v) is 3.00. The number of hydrogen-bond acceptors (Lipinski definition) is 2. The molecule has 62 valence electrons. The molecular weight excluding hydrogens is 152 g/mol. The van der Waals surface area contributed by atoms with E-state index in [2.05, 4.69) is 5.32 Å². The van der Waals surface area contributed by atoms with Gasteiger partial charge >= 0.3 is 0 Å². The highest BCUT2D eigenvalue weighted by atomic mass is 16.2. The summed E-state index contributed by atoms with van der Waals surface area (Å²) < 4.78 is 0. The van der Waals surface area contributed by atoms with Crippen molar-refractivity contribution in [1.29, 1.82) is 0 Å². The van der Waals surface area contributed by atoms with Gasteiger partial charge < -0.3 is 11.1 Å². The first-order valence-corrected chi connectivity index (χ1v) is 3.91. The molecule has 0 unspecified atom stereocenters. The molecule has 0 radical (unpaired) electrons. The van der Waals surface area contributed by atoms with Crippen LogP contribution in [0.4, 0.5) is 5.69 Å². The molecule has 2 bridgehead atoms. The highest BCUT2D eigenvalue weighted by Crippen LogP contribution is 2.14. The highest BCUT2D eigenvalue weighted by Gasteiger charge is 2.16. The SMILES string of the molecule is N[C@@H]1Cc2ccc(cc2)NC1=O. The summed E-state index contributed by atoms with van der Waals surface area (Å²) in [5, 5.41) is 2.72. The van der Waals surface area contributed by atoms with E-state index in [4.69, 9.17) is 5.73 Å². The summed E-state index contributed by atoms with van der Waals surface area (Å²) >= 11 is 0. The van der Waals surface area contributed by atoms with Crippen molar-refractivity contribution in [2.24, 2.45) is 5.73 Å². The van der Waals surface area contributed by atoms with Crippen molar-refractivity contribution < 1.29 is 4.79 Å². The Morgan fingerprint density at radius 1 is 1.33 bits per heavy atom. The number of nitrogens with two attached hydrogens (primary N) is 1. The third-order valence-corrected chi connectivity index (χ3v) is 2.01. The number of fused-ring (bicyclic) bond motifs is 5. The Morgan fingerprint density at radius 3 is 2.67 bits per heavy atom. The Bertz CT molecular complexity index is 305. The molecule has 1 aromatic carbocycles. The summed E-state index contributed by atoms with van der Waals surface area (Å²) in [4.78, 5) is 11.2. The minimum Gasteiger partial charge on any atom is -0.325 e. The van der Waals surface area contributed by atoms with Crippen LogP contribution in [-0.2, 0) is 11.2 Å². The van der Waals surface area contributed by atoms with Gasteiger partial charge in [-0.2, -0.15) is 0 Å². The summed E-state index contributed by atoms with van der Waals surface area (Å²) in [5.74, 6) is -0.101. The molecule has 2 heterocycles. The number of anilines is 1. The molecule has 0 aliphatic carbocycles. The van der Waals surface area contributed by atoms with Gasteiger partial charge in [-0.05, 0) is 24.1 Å². The zero-order chi connectivity index (χ0) is 8.55. The lowest BCUT2D eigenvalue weighted by Gasteiger charge is -2.16. The maximum Gasteiger partial charge on any atom is 0.241 e. The van der Waals surface area contributed by atoms with Crippen molar-refractivity contribution >= 4 is 11.6 Å². The molecule has 3 heteroatoms. The molecule has 12 heavy (non-hydrogen) atoms. The average molecular weight is 162 g/mol. The molecule has 2 aliphatic heterocycles. The first-order valence-electron chi connectivity index (χ1n) is 3.91. The minimum atomic E-state index is -0.412. The smallest absolute Gasteiger partial charge is 0.241 e. The van der Waals surface area contributed by atoms with E-state index in [-0.39, 0.29) is 5.91 Å². The monoisotopic (exact) mass is 162 g/mol. The standard InChI is InChI=1S/C9H10N2O/c10-8-5-6-1-3-7(4-2-6)11-9(8)12/h1-4,8H,5,10H2,(H,11,12)/t8-/m1/s1. The summed E-state index contributed by atoms with van der Waals surface area (Å²) in [6.07, 6.45) is 0.617. The molecular formula is C9H10N2O. The van der Waals surface area contributed by atoms with Crippen molar-refractivity contribution in [3.63, 3.8) is 0 Å². The van der Waals surface area contributed by atoms with Gasteiger partial charge in [0, 0.05) is 5.69 Å². The predicted octanol–water partition coefficient (Wildman–Crippen LogP) is 0.508. The van der Waals surface area contributed by atoms with Gasteiger partial charge in [-0.15, -0.1) is 0 Å². The average Bonchev–Trinajstić information content (AvgIpc) is 2.05. The van der Waals surface area contributed by atoms with E-state index in [0.29, 0.717) is 6.42 Å².